The van der Waals surface area contributed by atoms with E-state index in [1.54, 1.807) is 11.3 Å². The van der Waals surface area contributed by atoms with E-state index >= 15 is 0 Å². The number of rotatable bonds is 4. The van der Waals surface area contributed by atoms with E-state index in [0.29, 0.717) is 0 Å². The maximum Gasteiger partial charge on any atom is 0.246 e. The molecule has 0 unspecified atom stereocenters. The van der Waals surface area contributed by atoms with Crippen LogP contribution >= 0.6 is 27.3 Å². The molecule has 0 amide bonds. The van der Waals surface area contributed by atoms with E-state index in [1.165, 1.54) is 0 Å². The highest BCUT2D eigenvalue weighted by Gasteiger charge is 2.31. The van der Waals surface area contributed by atoms with Crippen molar-refractivity contribution >= 4 is 32.2 Å². The lowest BCUT2D eigenvalue weighted by Gasteiger charge is -2.16. The maximum atomic E-state index is 5.78. The number of nitrogens with one attached hydrogen (secondary N) is 1. The van der Waals surface area contributed by atoms with Crippen LogP contribution in [0.25, 0.3) is 4.96 Å². The maximum absolute atomic E-state index is 5.78. The molecule has 0 bridgehead atoms. The minimum absolute atomic E-state index is 0.579. The average molecular weight is 394 g/mol. The van der Waals surface area contributed by atoms with Gasteiger partial charge < -0.3 is 14.8 Å². The summed E-state index contributed by atoms with van der Waals surface area (Å²) in [6.07, 6.45) is 3.96. The van der Waals surface area contributed by atoms with Gasteiger partial charge in [0.2, 0.25) is 5.79 Å². The Bertz CT molecular complexity index is 871. The van der Waals surface area contributed by atoms with Crippen LogP contribution < -0.4 is 14.8 Å². The Morgan fingerprint density at radius 3 is 2.96 bits per heavy atom. The Kier molecular flexibility index (Phi) is 3.59. The van der Waals surface area contributed by atoms with E-state index in [0.717, 1.165) is 44.6 Å². The van der Waals surface area contributed by atoms with Crippen molar-refractivity contribution in [2.24, 2.45) is 0 Å². The standard InChI is InChI=1S/C16H16BrN3O2S/c1-16(2)21-12-4-3-10(5-13(12)22-16)6-18-7-11-8-19-15-20(11)9-14(17)23-15/h3-5,8-9,18H,6-7H2,1-2H3. The summed E-state index contributed by atoms with van der Waals surface area (Å²) in [6.45, 7) is 5.34. The number of ether oxygens (including phenoxy) is 2. The third-order valence-electron chi connectivity index (χ3n) is 3.61. The fourth-order valence-corrected chi connectivity index (χ4v) is 3.99. The van der Waals surface area contributed by atoms with Crippen LogP contribution in [-0.4, -0.2) is 15.2 Å². The Hall–Kier alpha value is -1.57. The molecule has 0 spiro atoms. The second kappa shape index (κ2) is 5.51. The van der Waals surface area contributed by atoms with Crippen molar-refractivity contribution in [1.29, 1.82) is 0 Å². The van der Waals surface area contributed by atoms with E-state index in [2.05, 4.69) is 36.7 Å². The molecule has 1 N–H and O–H groups in total. The zero-order valence-corrected chi connectivity index (χ0v) is 15.2. The first-order valence-electron chi connectivity index (χ1n) is 7.33. The summed E-state index contributed by atoms with van der Waals surface area (Å²) in [5, 5.41) is 3.45. The molecule has 7 heteroatoms. The first-order chi connectivity index (χ1) is 11.0. The fourth-order valence-electron chi connectivity index (χ4n) is 2.65. The monoisotopic (exact) mass is 393 g/mol. The van der Waals surface area contributed by atoms with Gasteiger partial charge in [0, 0.05) is 33.1 Å². The quantitative estimate of drug-likeness (QED) is 0.728. The topological polar surface area (TPSA) is 47.8 Å². The molecule has 0 saturated heterocycles. The fraction of sp³-hybridized carbons (Fsp3) is 0.312. The van der Waals surface area contributed by atoms with Gasteiger partial charge in [-0.05, 0) is 33.6 Å². The van der Waals surface area contributed by atoms with Crippen LogP contribution in [0.4, 0.5) is 0 Å². The van der Waals surface area contributed by atoms with Gasteiger partial charge >= 0.3 is 0 Å². The van der Waals surface area contributed by atoms with Gasteiger partial charge in [0.25, 0.3) is 0 Å². The molecule has 0 fully saturated rings. The van der Waals surface area contributed by atoms with Crippen LogP contribution in [0.3, 0.4) is 0 Å². The van der Waals surface area contributed by atoms with Crippen LogP contribution in [0.1, 0.15) is 25.1 Å². The van der Waals surface area contributed by atoms with Gasteiger partial charge in [-0.3, -0.25) is 4.40 Å². The smallest absolute Gasteiger partial charge is 0.246 e. The van der Waals surface area contributed by atoms with Gasteiger partial charge in [0.15, 0.2) is 16.5 Å². The van der Waals surface area contributed by atoms with Gasteiger partial charge in [0.05, 0.1) is 15.7 Å². The number of benzene rings is 1. The summed E-state index contributed by atoms with van der Waals surface area (Å²) in [5.74, 6) is 1.03. The number of fused-ring (bicyclic) bond motifs is 2. The van der Waals surface area contributed by atoms with Crippen molar-refractivity contribution in [1.82, 2.24) is 14.7 Å². The van der Waals surface area contributed by atoms with Crippen LogP contribution in [0.15, 0.2) is 34.4 Å². The first-order valence-corrected chi connectivity index (χ1v) is 8.94. The molecule has 0 aliphatic carbocycles. The second-order valence-corrected chi connectivity index (χ2v) is 8.31. The van der Waals surface area contributed by atoms with Crippen LogP contribution in [0.2, 0.25) is 0 Å². The van der Waals surface area contributed by atoms with E-state index < -0.39 is 5.79 Å². The Morgan fingerprint density at radius 1 is 1.26 bits per heavy atom. The summed E-state index contributed by atoms with van der Waals surface area (Å²) < 4.78 is 14.7. The lowest BCUT2D eigenvalue weighted by Crippen LogP contribution is -2.29. The molecule has 120 valence electrons. The highest BCUT2D eigenvalue weighted by molar-refractivity contribution is 9.11. The number of nitrogens with zero attached hydrogens (tertiary/aromatic N) is 2. The summed E-state index contributed by atoms with van der Waals surface area (Å²) in [6, 6.07) is 6.06. The summed E-state index contributed by atoms with van der Waals surface area (Å²) in [7, 11) is 0. The van der Waals surface area contributed by atoms with Gasteiger partial charge in [0.1, 0.15) is 0 Å². The number of hydrogen-bond donors (Lipinski definition) is 1. The average Bonchev–Trinajstić information content (AvgIpc) is 3.10. The largest absolute Gasteiger partial charge is 0.449 e. The second-order valence-electron chi connectivity index (χ2n) is 5.93. The molecule has 0 saturated carbocycles. The van der Waals surface area contributed by atoms with Crippen LogP contribution in [-0.2, 0) is 13.1 Å². The molecule has 1 aliphatic rings. The molecule has 23 heavy (non-hydrogen) atoms. The van der Waals surface area contributed by atoms with Crippen molar-refractivity contribution in [3.05, 3.63) is 45.6 Å². The van der Waals surface area contributed by atoms with Crippen LogP contribution in [0.5, 0.6) is 11.5 Å². The van der Waals surface area contributed by atoms with E-state index in [-0.39, 0.29) is 0 Å². The molecule has 1 aliphatic heterocycles. The predicted octanol–water partition coefficient (Wildman–Crippen LogP) is 3.96. The Labute approximate surface area is 146 Å². The zero-order chi connectivity index (χ0) is 16.0. The highest BCUT2D eigenvalue weighted by atomic mass is 79.9. The molecule has 1 aromatic carbocycles. The highest BCUT2D eigenvalue weighted by Crippen LogP contribution is 2.39. The Balaban J connectivity index is 1.42. The number of halogens is 1. The molecule has 0 radical (unpaired) electrons. The summed E-state index contributed by atoms with van der Waals surface area (Å²) >= 11 is 5.12. The molecule has 5 nitrogen and oxygen atoms in total. The molecule has 0 atom stereocenters. The van der Waals surface area contributed by atoms with Crippen molar-refractivity contribution in [3.8, 4) is 11.5 Å². The van der Waals surface area contributed by atoms with Gasteiger partial charge in [-0.1, -0.05) is 17.4 Å². The third kappa shape index (κ3) is 2.96. The van der Waals surface area contributed by atoms with Gasteiger partial charge in [-0.2, -0.15) is 0 Å². The first kappa shape index (κ1) is 15.0. The third-order valence-corrected chi connectivity index (χ3v) is 5.09. The summed E-state index contributed by atoms with van der Waals surface area (Å²) in [4.78, 5) is 5.40. The number of imidazole rings is 1. The van der Waals surface area contributed by atoms with Gasteiger partial charge in [-0.15, -0.1) is 0 Å². The molecule has 2 aromatic heterocycles. The summed E-state index contributed by atoms with van der Waals surface area (Å²) in [5.41, 5.74) is 2.31. The molecular formula is C16H16BrN3O2S. The van der Waals surface area contributed by atoms with Crippen molar-refractivity contribution in [3.63, 3.8) is 0 Å². The molecule has 4 rings (SSSR count). The van der Waals surface area contributed by atoms with Crippen molar-refractivity contribution in [2.75, 3.05) is 0 Å². The van der Waals surface area contributed by atoms with Crippen molar-refractivity contribution < 1.29 is 9.47 Å². The molecular weight excluding hydrogens is 378 g/mol. The lowest BCUT2D eigenvalue weighted by atomic mass is 10.2. The molecule has 3 heterocycles. The minimum Gasteiger partial charge on any atom is -0.449 e. The van der Waals surface area contributed by atoms with Crippen molar-refractivity contribution in [2.45, 2.75) is 32.7 Å². The Morgan fingerprint density at radius 2 is 2.09 bits per heavy atom. The normalized spacial score (nSPS) is 15.4. The SMILES string of the molecule is CC1(C)Oc2ccc(CNCc3cnc4sc(Br)cn34)cc2O1. The minimum atomic E-state index is -0.579. The van der Waals surface area contributed by atoms with E-state index in [4.69, 9.17) is 9.47 Å². The number of hydrogen-bond acceptors (Lipinski definition) is 5. The number of aromatic nitrogens is 2. The predicted molar refractivity (Wildman–Crippen MR) is 93.1 cm³/mol. The molecule has 3 aromatic rings. The lowest BCUT2D eigenvalue weighted by molar-refractivity contribution is -0.0431. The van der Waals surface area contributed by atoms with Gasteiger partial charge in [-0.25, -0.2) is 4.98 Å². The number of thiazole rings is 1. The van der Waals surface area contributed by atoms with Crippen LogP contribution in [0, 0.1) is 0 Å². The van der Waals surface area contributed by atoms with E-state index in [1.807, 2.05) is 38.4 Å². The zero-order valence-electron chi connectivity index (χ0n) is 12.8. The van der Waals surface area contributed by atoms with E-state index in [9.17, 15) is 0 Å².